The smallest absolute Gasteiger partial charge is 0.263 e. The zero-order chi connectivity index (χ0) is 15.4. The van der Waals surface area contributed by atoms with Crippen molar-refractivity contribution in [1.29, 1.82) is 0 Å². The molecular formula is C14H24N4OS2. The number of thioether (sulfide) groups is 1. The standard InChI is InChI=1S/C14H24N4OS2/c1-4-18-7-5-6-9(18)8-17-14-12(20-3)10(15)11(21-14)13(19)16-2/h9,17H,4-8,15H2,1-3H3,(H,16,19). The van der Waals surface area contributed by atoms with Gasteiger partial charge in [-0.25, -0.2) is 0 Å². The first kappa shape index (κ1) is 16.5. The Labute approximate surface area is 134 Å². The summed E-state index contributed by atoms with van der Waals surface area (Å²) in [5, 5.41) is 7.17. The number of carbonyl (C=O) groups is 1. The van der Waals surface area contributed by atoms with Gasteiger partial charge in [0.2, 0.25) is 0 Å². The van der Waals surface area contributed by atoms with Gasteiger partial charge in [-0.05, 0) is 32.2 Å². The Morgan fingerprint density at radius 2 is 2.33 bits per heavy atom. The number of likely N-dealkylation sites (tertiary alicyclic amines) is 1. The number of rotatable bonds is 6. The second kappa shape index (κ2) is 7.38. The minimum atomic E-state index is -0.114. The second-order valence-corrected chi connectivity index (χ2v) is 6.93. The Morgan fingerprint density at radius 1 is 1.57 bits per heavy atom. The summed E-state index contributed by atoms with van der Waals surface area (Å²) in [7, 11) is 1.63. The Hall–Kier alpha value is -0.920. The molecule has 1 saturated heterocycles. The van der Waals surface area contributed by atoms with Crippen LogP contribution in [0.1, 0.15) is 29.4 Å². The Morgan fingerprint density at radius 3 is 2.95 bits per heavy atom. The van der Waals surface area contributed by atoms with Gasteiger partial charge in [-0.3, -0.25) is 9.69 Å². The van der Waals surface area contributed by atoms with Gasteiger partial charge < -0.3 is 16.4 Å². The maximum atomic E-state index is 11.8. The third-order valence-corrected chi connectivity index (χ3v) is 6.06. The van der Waals surface area contributed by atoms with E-state index < -0.39 is 0 Å². The van der Waals surface area contributed by atoms with E-state index in [1.165, 1.54) is 30.7 Å². The third kappa shape index (κ3) is 3.46. The lowest BCUT2D eigenvalue weighted by Gasteiger charge is -2.23. The maximum absolute atomic E-state index is 11.8. The summed E-state index contributed by atoms with van der Waals surface area (Å²) in [4.78, 5) is 15.9. The van der Waals surface area contributed by atoms with Crippen molar-refractivity contribution in [2.45, 2.75) is 30.7 Å². The molecular weight excluding hydrogens is 304 g/mol. The number of nitrogen functional groups attached to an aromatic ring is 1. The molecule has 1 aliphatic heterocycles. The van der Waals surface area contributed by atoms with Crippen LogP contribution in [0.3, 0.4) is 0 Å². The number of nitrogens with two attached hydrogens (primary N) is 1. The molecule has 2 rings (SSSR count). The zero-order valence-corrected chi connectivity index (χ0v) is 14.5. The summed E-state index contributed by atoms with van der Waals surface area (Å²) in [5.74, 6) is -0.114. The highest BCUT2D eigenvalue weighted by Crippen LogP contribution is 2.41. The van der Waals surface area contributed by atoms with E-state index in [4.69, 9.17) is 5.73 Å². The van der Waals surface area contributed by atoms with Crippen molar-refractivity contribution < 1.29 is 4.79 Å². The average molecular weight is 329 g/mol. The first-order valence-electron chi connectivity index (χ1n) is 7.28. The average Bonchev–Trinajstić information content (AvgIpc) is 3.07. The summed E-state index contributed by atoms with van der Waals surface area (Å²) in [6.07, 6.45) is 4.50. The fourth-order valence-electron chi connectivity index (χ4n) is 2.78. The highest BCUT2D eigenvalue weighted by Gasteiger charge is 2.24. The van der Waals surface area contributed by atoms with Gasteiger partial charge in [0.25, 0.3) is 5.91 Å². The molecule has 0 radical (unpaired) electrons. The molecule has 118 valence electrons. The largest absolute Gasteiger partial charge is 0.396 e. The zero-order valence-electron chi connectivity index (χ0n) is 12.9. The predicted molar refractivity (Wildman–Crippen MR) is 92.7 cm³/mol. The van der Waals surface area contributed by atoms with Crippen LogP contribution in [0.15, 0.2) is 4.90 Å². The van der Waals surface area contributed by atoms with Gasteiger partial charge in [0.05, 0.1) is 10.6 Å². The van der Waals surface area contributed by atoms with Crippen molar-refractivity contribution in [2.75, 3.05) is 44.0 Å². The molecule has 1 aromatic heterocycles. The predicted octanol–water partition coefficient (Wildman–Crippen LogP) is 2.31. The Balaban J connectivity index is 2.10. The molecule has 1 atom stereocenters. The van der Waals surface area contributed by atoms with Crippen molar-refractivity contribution >= 4 is 39.7 Å². The second-order valence-electron chi connectivity index (χ2n) is 5.09. The van der Waals surface area contributed by atoms with E-state index in [1.54, 1.807) is 18.8 Å². The number of likely N-dealkylation sites (N-methyl/N-ethyl adjacent to an activating group) is 1. The van der Waals surface area contributed by atoms with Crippen LogP contribution < -0.4 is 16.4 Å². The minimum Gasteiger partial charge on any atom is -0.396 e. The van der Waals surface area contributed by atoms with E-state index in [0.717, 1.165) is 23.0 Å². The lowest BCUT2D eigenvalue weighted by Crippen LogP contribution is -2.34. The molecule has 21 heavy (non-hydrogen) atoms. The van der Waals surface area contributed by atoms with E-state index in [-0.39, 0.29) is 5.91 Å². The van der Waals surface area contributed by atoms with Gasteiger partial charge in [-0.2, -0.15) is 0 Å². The summed E-state index contributed by atoms with van der Waals surface area (Å²) < 4.78 is 0. The molecule has 0 bridgehead atoms. The van der Waals surface area contributed by atoms with Crippen LogP contribution in [0.5, 0.6) is 0 Å². The highest BCUT2D eigenvalue weighted by atomic mass is 32.2. The molecule has 1 unspecified atom stereocenters. The van der Waals surface area contributed by atoms with Crippen LogP contribution in [-0.4, -0.2) is 49.8 Å². The first-order chi connectivity index (χ1) is 10.1. The van der Waals surface area contributed by atoms with E-state index in [0.29, 0.717) is 16.6 Å². The van der Waals surface area contributed by atoms with Gasteiger partial charge in [0.15, 0.2) is 0 Å². The van der Waals surface area contributed by atoms with Crippen LogP contribution in [0, 0.1) is 0 Å². The number of hydrogen-bond donors (Lipinski definition) is 3. The molecule has 1 aromatic rings. The van der Waals surface area contributed by atoms with Crippen LogP contribution in [0.2, 0.25) is 0 Å². The number of nitrogens with zero attached hydrogens (tertiary/aromatic N) is 1. The summed E-state index contributed by atoms with van der Waals surface area (Å²) in [6, 6.07) is 0.580. The third-order valence-electron chi connectivity index (χ3n) is 3.94. The molecule has 0 aromatic carbocycles. The molecule has 2 heterocycles. The van der Waals surface area contributed by atoms with Crippen LogP contribution >= 0.6 is 23.1 Å². The number of hydrogen-bond acceptors (Lipinski definition) is 6. The summed E-state index contributed by atoms with van der Waals surface area (Å²) >= 11 is 3.04. The molecule has 7 heteroatoms. The summed E-state index contributed by atoms with van der Waals surface area (Å²) in [6.45, 7) is 5.40. The van der Waals surface area contributed by atoms with Gasteiger partial charge in [0.1, 0.15) is 9.88 Å². The SMILES string of the molecule is CCN1CCCC1CNc1sc(C(=O)NC)c(N)c1SC. The van der Waals surface area contributed by atoms with E-state index in [2.05, 4.69) is 22.5 Å². The maximum Gasteiger partial charge on any atom is 0.263 e. The number of anilines is 2. The highest BCUT2D eigenvalue weighted by molar-refractivity contribution is 7.99. The number of carbonyl (C=O) groups excluding carboxylic acids is 1. The van der Waals surface area contributed by atoms with E-state index >= 15 is 0 Å². The molecule has 0 saturated carbocycles. The number of nitrogens with one attached hydrogen (secondary N) is 2. The Bertz CT molecular complexity index is 503. The van der Waals surface area contributed by atoms with Crippen molar-refractivity contribution in [1.82, 2.24) is 10.2 Å². The molecule has 1 aliphatic rings. The summed E-state index contributed by atoms with van der Waals surface area (Å²) in [5.41, 5.74) is 6.70. The van der Waals surface area contributed by atoms with Gasteiger partial charge in [-0.15, -0.1) is 23.1 Å². The topological polar surface area (TPSA) is 70.4 Å². The van der Waals surface area contributed by atoms with Crippen LogP contribution in [0.25, 0.3) is 0 Å². The van der Waals surface area contributed by atoms with Crippen LogP contribution in [0.4, 0.5) is 10.7 Å². The number of thiophene rings is 1. The lowest BCUT2D eigenvalue weighted by atomic mass is 10.2. The molecule has 0 aliphatic carbocycles. The first-order valence-corrected chi connectivity index (χ1v) is 9.32. The Kier molecular flexibility index (Phi) is 5.78. The molecule has 1 amide bonds. The minimum absolute atomic E-state index is 0.114. The van der Waals surface area contributed by atoms with Gasteiger partial charge in [-0.1, -0.05) is 6.92 Å². The van der Waals surface area contributed by atoms with E-state index in [1.807, 2.05) is 6.26 Å². The van der Waals surface area contributed by atoms with Crippen molar-refractivity contribution in [3.63, 3.8) is 0 Å². The molecule has 0 spiro atoms. The van der Waals surface area contributed by atoms with Crippen molar-refractivity contribution in [3.05, 3.63) is 4.88 Å². The molecule has 1 fully saturated rings. The monoisotopic (exact) mass is 328 g/mol. The molecule has 5 nitrogen and oxygen atoms in total. The number of amides is 1. The lowest BCUT2D eigenvalue weighted by molar-refractivity contribution is 0.0968. The fourth-order valence-corrected chi connectivity index (χ4v) is 4.77. The normalized spacial score (nSPS) is 18.9. The van der Waals surface area contributed by atoms with Crippen molar-refractivity contribution in [2.24, 2.45) is 0 Å². The molecule has 4 N–H and O–H groups in total. The van der Waals surface area contributed by atoms with Crippen molar-refractivity contribution in [3.8, 4) is 0 Å². The fraction of sp³-hybridized carbons (Fsp3) is 0.643. The van der Waals surface area contributed by atoms with E-state index in [9.17, 15) is 4.79 Å². The van der Waals surface area contributed by atoms with Gasteiger partial charge in [0, 0.05) is 19.6 Å². The quantitative estimate of drug-likeness (QED) is 0.699. The van der Waals surface area contributed by atoms with Crippen LogP contribution in [-0.2, 0) is 0 Å². The van der Waals surface area contributed by atoms with Gasteiger partial charge >= 0.3 is 0 Å².